The zero-order valence-electron chi connectivity index (χ0n) is 9.65. The molecule has 2 atom stereocenters. The molecule has 0 saturated heterocycles. The fourth-order valence-electron chi connectivity index (χ4n) is 1.93. The van der Waals surface area contributed by atoms with E-state index in [1.165, 1.54) is 12.6 Å². The largest absolute Gasteiger partial charge is 0.389 e. The van der Waals surface area contributed by atoms with Crippen LogP contribution in [0.5, 0.6) is 0 Å². The third kappa shape index (κ3) is 3.94. The summed E-state index contributed by atoms with van der Waals surface area (Å²) < 4.78 is 13.4. The first-order valence-electron chi connectivity index (χ1n) is 5.68. The minimum atomic E-state index is -0.295. The van der Waals surface area contributed by atoms with Gasteiger partial charge in [0.1, 0.15) is 0 Å². The van der Waals surface area contributed by atoms with Crippen LogP contribution in [-0.2, 0) is 0 Å². The highest BCUT2D eigenvalue weighted by Crippen LogP contribution is 2.25. The zero-order chi connectivity index (χ0) is 11.3. The quantitative estimate of drug-likeness (QED) is 0.685. The molecule has 0 aromatic heterocycles. The molecule has 0 spiro atoms. The van der Waals surface area contributed by atoms with Crippen LogP contribution in [0, 0.1) is 5.92 Å². The molecule has 0 bridgehead atoms. The van der Waals surface area contributed by atoms with Crippen LogP contribution in [0.25, 0.3) is 0 Å². The number of nitrogens with one attached hydrogen (secondary N) is 2. The van der Waals surface area contributed by atoms with E-state index in [1.54, 1.807) is 0 Å². The Morgan fingerprint density at radius 1 is 1.53 bits per heavy atom. The summed E-state index contributed by atoms with van der Waals surface area (Å²) in [6, 6.07) is 0.397. The molecule has 15 heavy (non-hydrogen) atoms. The number of rotatable bonds is 5. The van der Waals surface area contributed by atoms with Gasteiger partial charge in [0, 0.05) is 18.8 Å². The molecule has 2 N–H and O–H groups in total. The van der Waals surface area contributed by atoms with Gasteiger partial charge >= 0.3 is 0 Å². The minimum Gasteiger partial charge on any atom is -0.389 e. The van der Waals surface area contributed by atoms with Crippen molar-refractivity contribution in [3.63, 3.8) is 0 Å². The second-order valence-corrected chi connectivity index (χ2v) is 4.29. The van der Waals surface area contributed by atoms with Crippen molar-refractivity contribution in [2.75, 3.05) is 6.54 Å². The third-order valence-corrected chi connectivity index (χ3v) is 2.79. The van der Waals surface area contributed by atoms with E-state index in [2.05, 4.69) is 24.1 Å². The highest BCUT2D eigenvalue weighted by atomic mass is 19.1. The normalized spacial score (nSPS) is 26.5. The predicted octanol–water partition coefficient (Wildman–Crippen LogP) is 2.70. The lowest BCUT2D eigenvalue weighted by Crippen LogP contribution is -2.25. The maximum atomic E-state index is 13.4. The molecule has 2 nitrogen and oxygen atoms in total. The molecule has 1 rings (SSSR count). The second-order valence-electron chi connectivity index (χ2n) is 4.29. The predicted molar refractivity (Wildman–Crippen MR) is 61.9 cm³/mol. The van der Waals surface area contributed by atoms with Gasteiger partial charge in [0.2, 0.25) is 0 Å². The van der Waals surface area contributed by atoms with E-state index in [4.69, 9.17) is 0 Å². The first-order valence-corrected chi connectivity index (χ1v) is 5.68. The Balaban J connectivity index is 2.35. The molecule has 0 amide bonds. The van der Waals surface area contributed by atoms with Crippen LogP contribution in [0.4, 0.5) is 4.39 Å². The SMILES string of the molecule is C=C(NC1CCC(C)C1)/C(F)=C\NCC. The number of allylic oxidation sites excluding steroid dienone is 1. The number of halogens is 1. The molecule has 3 heteroatoms. The number of hydrogen-bond donors (Lipinski definition) is 2. The molecule has 2 unspecified atom stereocenters. The standard InChI is InChI=1S/C12H21FN2/c1-4-14-8-12(13)10(3)15-11-6-5-9(2)7-11/h8-9,11,14-15H,3-7H2,1-2H3/b12-8+. The summed E-state index contributed by atoms with van der Waals surface area (Å²) in [5.74, 6) is 0.451. The lowest BCUT2D eigenvalue weighted by Gasteiger charge is -2.14. The van der Waals surface area contributed by atoms with Crippen molar-refractivity contribution < 1.29 is 4.39 Å². The van der Waals surface area contributed by atoms with Crippen molar-refractivity contribution in [2.45, 2.75) is 39.2 Å². The summed E-state index contributed by atoms with van der Waals surface area (Å²) >= 11 is 0. The van der Waals surface area contributed by atoms with E-state index >= 15 is 0 Å². The fourth-order valence-corrected chi connectivity index (χ4v) is 1.93. The maximum absolute atomic E-state index is 13.4. The minimum absolute atomic E-state index is 0.295. The van der Waals surface area contributed by atoms with Crippen LogP contribution in [0.2, 0.25) is 0 Å². The van der Waals surface area contributed by atoms with Gasteiger partial charge in [-0.2, -0.15) is 0 Å². The lowest BCUT2D eigenvalue weighted by atomic mass is 10.1. The van der Waals surface area contributed by atoms with Gasteiger partial charge in [-0.15, -0.1) is 0 Å². The Labute approximate surface area is 91.6 Å². The van der Waals surface area contributed by atoms with E-state index in [0.717, 1.165) is 25.3 Å². The van der Waals surface area contributed by atoms with Crippen LogP contribution in [0.1, 0.15) is 33.1 Å². The van der Waals surface area contributed by atoms with E-state index in [1.807, 2.05) is 6.92 Å². The van der Waals surface area contributed by atoms with Crippen molar-refractivity contribution in [1.82, 2.24) is 10.6 Å². The van der Waals surface area contributed by atoms with Crippen molar-refractivity contribution in [1.29, 1.82) is 0 Å². The molecule has 1 aliphatic rings. The molecule has 1 aliphatic carbocycles. The van der Waals surface area contributed by atoms with Gasteiger partial charge in [0.25, 0.3) is 0 Å². The Morgan fingerprint density at radius 3 is 2.80 bits per heavy atom. The van der Waals surface area contributed by atoms with Crippen LogP contribution in [-0.4, -0.2) is 12.6 Å². The van der Waals surface area contributed by atoms with E-state index in [9.17, 15) is 4.39 Å². The fraction of sp³-hybridized carbons (Fsp3) is 0.667. The first-order chi connectivity index (χ1) is 7.13. The van der Waals surface area contributed by atoms with Crippen LogP contribution in [0.15, 0.2) is 24.3 Å². The van der Waals surface area contributed by atoms with Gasteiger partial charge in [-0.05, 0) is 32.1 Å². The van der Waals surface area contributed by atoms with Gasteiger partial charge in [-0.1, -0.05) is 13.5 Å². The molecule has 1 fully saturated rings. The highest BCUT2D eigenvalue weighted by Gasteiger charge is 2.21. The Hall–Kier alpha value is -0.990. The second kappa shape index (κ2) is 5.79. The van der Waals surface area contributed by atoms with Crippen LogP contribution >= 0.6 is 0 Å². The molecule has 1 saturated carbocycles. The van der Waals surface area contributed by atoms with Gasteiger partial charge in [0.05, 0.1) is 5.70 Å². The lowest BCUT2D eigenvalue weighted by molar-refractivity contribution is 0.525. The van der Waals surface area contributed by atoms with Crippen LogP contribution < -0.4 is 10.6 Å². The first kappa shape index (κ1) is 12.1. The topological polar surface area (TPSA) is 24.1 Å². The van der Waals surface area contributed by atoms with Gasteiger partial charge in [-0.25, -0.2) is 4.39 Å². The summed E-state index contributed by atoms with van der Waals surface area (Å²) in [6.07, 6.45) is 4.83. The molecule has 0 radical (unpaired) electrons. The molecule has 0 heterocycles. The maximum Gasteiger partial charge on any atom is 0.161 e. The molecule has 86 valence electrons. The number of hydrogen-bond acceptors (Lipinski definition) is 2. The molecule has 0 aromatic rings. The summed E-state index contributed by atoms with van der Waals surface area (Å²) in [4.78, 5) is 0. The summed E-state index contributed by atoms with van der Waals surface area (Å²) in [7, 11) is 0. The van der Waals surface area contributed by atoms with Gasteiger partial charge < -0.3 is 10.6 Å². The molecule has 0 aromatic carbocycles. The van der Waals surface area contributed by atoms with E-state index in [-0.39, 0.29) is 5.83 Å². The average Bonchev–Trinajstić information content (AvgIpc) is 2.60. The molecular weight excluding hydrogens is 191 g/mol. The Morgan fingerprint density at radius 2 is 2.27 bits per heavy atom. The van der Waals surface area contributed by atoms with Crippen molar-refractivity contribution >= 4 is 0 Å². The summed E-state index contributed by atoms with van der Waals surface area (Å²) in [6.45, 7) is 8.59. The van der Waals surface area contributed by atoms with Crippen molar-refractivity contribution in [2.24, 2.45) is 5.92 Å². The molecular formula is C12H21FN2. The van der Waals surface area contributed by atoms with Crippen molar-refractivity contribution in [3.8, 4) is 0 Å². The van der Waals surface area contributed by atoms with Crippen molar-refractivity contribution in [3.05, 3.63) is 24.3 Å². The van der Waals surface area contributed by atoms with Gasteiger partial charge in [-0.3, -0.25) is 0 Å². The van der Waals surface area contributed by atoms with E-state index < -0.39 is 0 Å². The molecule has 0 aliphatic heterocycles. The smallest absolute Gasteiger partial charge is 0.161 e. The monoisotopic (exact) mass is 212 g/mol. The Kier molecular flexibility index (Phi) is 4.66. The van der Waals surface area contributed by atoms with Gasteiger partial charge in [0.15, 0.2) is 5.83 Å². The third-order valence-electron chi connectivity index (χ3n) is 2.79. The summed E-state index contributed by atoms with van der Waals surface area (Å²) in [5, 5.41) is 5.96. The Bertz CT molecular complexity index is 248. The summed E-state index contributed by atoms with van der Waals surface area (Å²) in [5.41, 5.74) is 0.398. The highest BCUT2D eigenvalue weighted by molar-refractivity contribution is 5.20. The van der Waals surface area contributed by atoms with E-state index in [0.29, 0.717) is 11.7 Å². The van der Waals surface area contributed by atoms with Crippen LogP contribution in [0.3, 0.4) is 0 Å². The average molecular weight is 212 g/mol. The zero-order valence-corrected chi connectivity index (χ0v) is 9.65.